The SMILES string of the molecule is CCC(=O)Nc1ccc2[nH]cc(C3CCN(CC(C)(C)C)CC3)c2n1.O=C(O)C(O)c1ccccc1. The largest absolute Gasteiger partial charge is 0.479 e. The summed E-state index contributed by atoms with van der Waals surface area (Å²) in [7, 11) is 0. The lowest BCUT2D eigenvalue weighted by Crippen LogP contribution is -2.38. The van der Waals surface area contributed by atoms with Crippen LogP contribution in [0.2, 0.25) is 0 Å². The molecule has 0 bridgehead atoms. The van der Waals surface area contributed by atoms with E-state index in [1.54, 1.807) is 30.3 Å². The number of nitrogens with one attached hydrogen (secondary N) is 2. The average Bonchev–Trinajstić information content (AvgIpc) is 3.27. The van der Waals surface area contributed by atoms with Crippen molar-refractivity contribution in [3.63, 3.8) is 0 Å². The van der Waals surface area contributed by atoms with Crippen molar-refractivity contribution in [2.45, 2.75) is 59.0 Å². The third-order valence-corrected chi connectivity index (χ3v) is 6.22. The number of aliphatic hydroxyl groups excluding tert-OH is 1. The van der Waals surface area contributed by atoms with E-state index in [1.807, 2.05) is 19.1 Å². The van der Waals surface area contributed by atoms with E-state index >= 15 is 0 Å². The van der Waals surface area contributed by atoms with Crippen molar-refractivity contribution < 1.29 is 19.8 Å². The number of piperidine rings is 1. The average molecular weight is 495 g/mol. The Balaban J connectivity index is 0.000000275. The highest BCUT2D eigenvalue weighted by Crippen LogP contribution is 2.33. The quantitative estimate of drug-likeness (QED) is 0.385. The summed E-state index contributed by atoms with van der Waals surface area (Å²) >= 11 is 0. The summed E-state index contributed by atoms with van der Waals surface area (Å²) in [5, 5.41) is 20.2. The smallest absolute Gasteiger partial charge is 0.337 e. The first kappa shape index (κ1) is 27.4. The number of carbonyl (C=O) groups excluding carboxylic acids is 1. The number of amides is 1. The lowest BCUT2D eigenvalue weighted by Gasteiger charge is -2.35. The molecule has 194 valence electrons. The third-order valence-electron chi connectivity index (χ3n) is 6.22. The van der Waals surface area contributed by atoms with Crippen LogP contribution in [-0.4, -0.2) is 56.6 Å². The van der Waals surface area contributed by atoms with Crippen molar-refractivity contribution in [1.82, 2.24) is 14.9 Å². The van der Waals surface area contributed by atoms with Crippen molar-refractivity contribution in [3.05, 3.63) is 59.8 Å². The first-order chi connectivity index (χ1) is 17.1. The van der Waals surface area contributed by atoms with Crippen molar-refractivity contribution in [2.75, 3.05) is 25.0 Å². The number of carbonyl (C=O) groups is 2. The minimum atomic E-state index is -1.41. The number of hydrogen-bond donors (Lipinski definition) is 4. The molecule has 0 radical (unpaired) electrons. The monoisotopic (exact) mass is 494 g/mol. The Hall–Kier alpha value is -3.23. The number of hydrogen-bond acceptors (Lipinski definition) is 5. The number of rotatable bonds is 6. The maximum Gasteiger partial charge on any atom is 0.337 e. The standard InChI is InChI=1S/C20H30N4O.C8H8O3/c1-5-18(25)22-17-7-6-16-19(23-17)15(12-21-16)14-8-10-24(11-9-14)13-20(2,3)4;9-7(8(10)11)6-4-2-1-3-5-6/h6-7,12,14,21H,5,8-11,13H2,1-4H3,(H,22,23,25);1-5,7,9H,(H,10,11). The maximum absolute atomic E-state index is 11.6. The van der Waals surface area contributed by atoms with Gasteiger partial charge < -0.3 is 25.4 Å². The van der Waals surface area contributed by atoms with Gasteiger partial charge in [-0.1, -0.05) is 58.0 Å². The van der Waals surface area contributed by atoms with Gasteiger partial charge in [-0.3, -0.25) is 4.79 Å². The van der Waals surface area contributed by atoms with E-state index in [-0.39, 0.29) is 5.91 Å². The van der Waals surface area contributed by atoms with Gasteiger partial charge >= 0.3 is 5.97 Å². The topological polar surface area (TPSA) is 119 Å². The molecule has 1 atom stereocenters. The van der Waals surface area contributed by atoms with Crippen LogP contribution in [-0.2, 0) is 9.59 Å². The summed E-state index contributed by atoms with van der Waals surface area (Å²) < 4.78 is 0. The molecule has 1 unspecified atom stereocenters. The number of pyridine rings is 1. The molecule has 1 aliphatic rings. The van der Waals surface area contributed by atoms with E-state index in [0.717, 1.165) is 43.5 Å². The van der Waals surface area contributed by atoms with Gasteiger partial charge in [0, 0.05) is 19.2 Å². The molecule has 4 rings (SSSR count). The molecule has 3 aromatic rings. The Morgan fingerprint density at radius 2 is 1.81 bits per heavy atom. The van der Waals surface area contributed by atoms with E-state index in [0.29, 0.717) is 29.1 Å². The summed E-state index contributed by atoms with van der Waals surface area (Å²) in [6.07, 6.45) is 3.49. The van der Waals surface area contributed by atoms with Crippen LogP contribution in [0, 0.1) is 5.41 Å². The molecule has 3 heterocycles. The predicted octanol–water partition coefficient (Wildman–Crippen LogP) is 4.94. The van der Waals surface area contributed by atoms with Gasteiger partial charge in [0.2, 0.25) is 5.91 Å². The highest BCUT2D eigenvalue weighted by Gasteiger charge is 2.26. The third kappa shape index (κ3) is 7.63. The molecule has 2 aromatic heterocycles. The van der Waals surface area contributed by atoms with Crippen LogP contribution >= 0.6 is 0 Å². The number of likely N-dealkylation sites (tertiary alicyclic amines) is 1. The van der Waals surface area contributed by atoms with Crippen molar-refractivity contribution in [2.24, 2.45) is 5.41 Å². The molecule has 4 N–H and O–H groups in total. The first-order valence-electron chi connectivity index (χ1n) is 12.5. The number of H-pyrrole nitrogens is 1. The molecule has 8 heteroatoms. The van der Waals surface area contributed by atoms with Crippen LogP contribution in [0.4, 0.5) is 5.82 Å². The van der Waals surface area contributed by atoms with Crippen LogP contribution in [0.15, 0.2) is 48.7 Å². The van der Waals surface area contributed by atoms with E-state index < -0.39 is 12.1 Å². The van der Waals surface area contributed by atoms with E-state index in [9.17, 15) is 9.59 Å². The Morgan fingerprint density at radius 1 is 1.14 bits per heavy atom. The number of benzene rings is 1. The van der Waals surface area contributed by atoms with Crippen molar-refractivity contribution >= 4 is 28.7 Å². The maximum atomic E-state index is 11.6. The highest BCUT2D eigenvalue weighted by atomic mass is 16.4. The van der Waals surface area contributed by atoms with Crippen LogP contribution in [0.25, 0.3) is 11.0 Å². The fraction of sp³-hybridized carbons (Fsp3) is 0.464. The zero-order valence-electron chi connectivity index (χ0n) is 21.6. The van der Waals surface area contributed by atoms with E-state index in [2.05, 4.69) is 42.2 Å². The molecule has 1 aliphatic heterocycles. The predicted molar refractivity (Wildman–Crippen MR) is 142 cm³/mol. The molecule has 1 fully saturated rings. The number of aliphatic carboxylic acids is 1. The molecule has 8 nitrogen and oxygen atoms in total. The van der Waals surface area contributed by atoms with Crippen LogP contribution in [0.5, 0.6) is 0 Å². The zero-order valence-corrected chi connectivity index (χ0v) is 21.6. The van der Waals surface area contributed by atoms with Gasteiger partial charge in [0.1, 0.15) is 5.82 Å². The second-order valence-corrected chi connectivity index (χ2v) is 10.5. The minimum Gasteiger partial charge on any atom is -0.479 e. The number of aliphatic hydroxyl groups is 1. The first-order valence-corrected chi connectivity index (χ1v) is 12.5. The number of nitrogens with zero attached hydrogens (tertiary/aromatic N) is 2. The Morgan fingerprint density at radius 3 is 2.39 bits per heavy atom. The minimum absolute atomic E-state index is 0.000533. The van der Waals surface area contributed by atoms with E-state index in [1.165, 1.54) is 5.56 Å². The lowest BCUT2D eigenvalue weighted by molar-refractivity contribution is -0.146. The van der Waals surface area contributed by atoms with Crippen LogP contribution in [0.3, 0.4) is 0 Å². The number of anilines is 1. The number of carboxylic acid groups (broad SMARTS) is 1. The summed E-state index contributed by atoms with van der Waals surface area (Å²) in [5.74, 6) is -0.0458. The normalized spacial score (nSPS) is 15.7. The van der Waals surface area contributed by atoms with Crippen molar-refractivity contribution in [3.8, 4) is 0 Å². The zero-order chi connectivity index (χ0) is 26.3. The molecule has 36 heavy (non-hydrogen) atoms. The van der Waals surface area contributed by atoms with E-state index in [4.69, 9.17) is 15.2 Å². The van der Waals surface area contributed by atoms with Gasteiger partial charge in [-0.15, -0.1) is 0 Å². The fourth-order valence-electron chi connectivity index (χ4n) is 4.48. The van der Waals surface area contributed by atoms with Crippen LogP contribution < -0.4 is 5.32 Å². The van der Waals surface area contributed by atoms with Gasteiger partial charge in [0.05, 0.1) is 11.0 Å². The second-order valence-electron chi connectivity index (χ2n) is 10.5. The van der Waals surface area contributed by atoms with Gasteiger partial charge in [-0.2, -0.15) is 0 Å². The van der Waals surface area contributed by atoms with Gasteiger partial charge in [0.15, 0.2) is 6.10 Å². The molecule has 0 saturated carbocycles. The number of fused-ring (bicyclic) bond motifs is 1. The Bertz CT molecular complexity index is 1150. The lowest BCUT2D eigenvalue weighted by atomic mass is 9.88. The fourth-order valence-corrected chi connectivity index (χ4v) is 4.48. The molecule has 0 spiro atoms. The Kier molecular flexibility index (Phi) is 9.23. The summed E-state index contributed by atoms with van der Waals surface area (Å²) in [6, 6.07) is 12.1. The van der Waals surface area contributed by atoms with Gasteiger partial charge in [-0.05, 0) is 60.5 Å². The van der Waals surface area contributed by atoms with Gasteiger partial charge in [-0.25, -0.2) is 9.78 Å². The number of aromatic nitrogens is 2. The molecular weight excluding hydrogens is 456 g/mol. The van der Waals surface area contributed by atoms with Gasteiger partial charge in [0.25, 0.3) is 0 Å². The summed E-state index contributed by atoms with van der Waals surface area (Å²) in [4.78, 5) is 32.5. The van der Waals surface area contributed by atoms with Crippen LogP contribution in [0.1, 0.15) is 70.1 Å². The number of aromatic amines is 1. The molecule has 0 aliphatic carbocycles. The summed E-state index contributed by atoms with van der Waals surface area (Å²) in [6.45, 7) is 12.2. The number of carboxylic acids is 1. The molecule has 1 amide bonds. The molecule has 1 aromatic carbocycles. The summed E-state index contributed by atoms with van der Waals surface area (Å²) in [5.41, 5.74) is 4.09. The molecule has 1 saturated heterocycles. The highest BCUT2D eigenvalue weighted by molar-refractivity contribution is 5.91. The Labute approximate surface area is 212 Å². The second kappa shape index (κ2) is 12.1. The van der Waals surface area contributed by atoms with Crippen molar-refractivity contribution in [1.29, 1.82) is 0 Å². The molecular formula is C28H38N4O4.